The van der Waals surface area contributed by atoms with Crippen LogP contribution >= 0.6 is 0 Å². The Hall–Kier alpha value is -1.66. The fraction of sp³-hybridized carbons (Fsp3) is 0.872. The van der Waals surface area contributed by atoms with E-state index in [0.29, 0.717) is 19.4 Å². The Morgan fingerprint density at radius 1 is 0.509 bits per heavy atom. The quantitative estimate of drug-likeness (QED) is 0.0328. The molecule has 3 N–H and O–H groups in total. The normalized spacial score (nSPS) is 12.9. The molecule has 0 radical (unpaired) electrons. The van der Waals surface area contributed by atoms with Gasteiger partial charge in [-0.3, -0.25) is 9.59 Å². The molecule has 0 rings (SSSR count). The van der Waals surface area contributed by atoms with E-state index in [1.165, 1.54) is 154 Å². The molecule has 0 aromatic rings. The molecule has 0 aromatic carbocycles. The summed E-state index contributed by atoms with van der Waals surface area (Å²) in [5, 5.41) is 22.8. The first-order chi connectivity index (χ1) is 26.0. The minimum absolute atomic E-state index is 0.0240. The third-order valence-corrected chi connectivity index (χ3v) is 10.5. The van der Waals surface area contributed by atoms with Crippen LogP contribution in [0.3, 0.4) is 0 Å². The Bertz CT molecular complexity index is 828. The molecule has 0 heterocycles. The van der Waals surface area contributed by atoms with Crippen molar-refractivity contribution >= 4 is 11.9 Å². The second kappa shape index (κ2) is 43.1. The van der Waals surface area contributed by atoms with Crippen LogP contribution in [0.5, 0.6) is 0 Å². The number of esters is 1. The monoisotopic (exact) mass is 748 g/mol. The van der Waals surface area contributed by atoms with Gasteiger partial charge in [-0.2, -0.15) is 0 Å². The number of ether oxygens (including phenoxy) is 1. The lowest BCUT2D eigenvalue weighted by molar-refractivity contribution is -0.143. The fourth-order valence-corrected chi connectivity index (χ4v) is 6.86. The van der Waals surface area contributed by atoms with Gasteiger partial charge in [-0.25, -0.2) is 0 Å². The van der Waals surface area contributed by atoms with Crippen molar-refractivity contribution in [3.05, 3.63) is 24.3 Å². The molecule has 312 valence electrons. The van der Waals surface area contributed by atoms with Crippen LogP contribution in [0.15, 0.2) is 24.3 Å². The van der Waals surface area contributed by atoms with Gasteiger partial charge in [-0.15, -0.1) is 0 Å². The lowest BCUT2D eigenvalue weighted by atomic mass is 10.0. The summed E-state index contributed by atoms with van der Waals surface area (Å²) < 4.78 is 5.45. The van der Waals surface area contributed by atoms with E-state index in [1.54, 1.807) is 6.08 Å². The number of aliphatic hydroxyl groups is 2. The second-order valence-corrected chi connectivity index (χ2v) is 15.7. The number of hydrogen-bond acceptors (Lipinski definition) is 5. The van der Waals surface area contributed by atoms with Crippen LogP contribution in [0.2, 0.25) is 0 Å². The smallest absolute Gasteiger partial charge is 0.305 e. The van der Waals surface area contributed by atoms with Crippen molar-refractivity contribution in [2.75, 3.05) is 13.2 Å². The Kier molecular flexibility index (Phi) is 41.7. The van der Waals surface area contributed by atoms with Crippen LogP contribution in [0.25, 0.3) is 0 Å². The minimum Gasteiger partial charge on any atom is -0.466 e. The van der Waals surface area contributed by atoms with E-state index < -0.39 is 12.1 Å². The predicted molar refractivity (Wildman–Crippen MR) is 227 cm³/mol. The lowest BCUT2D eigenvalue weighted by Gasteiger charge is -2.20. The maximum absolute atomic E-state index is 12.3. The molecule has 6 nitrogen and oxygen atoms in total. The van der Waals surface area contributed by atoms with Gasteiger partial charge < -0.3 is 20.3 Å². The first-order valence-electron chi connectivity index (χ1n) is 23.1. The van der Waals surface area contributed by atoms with Crippen molar-refractivity contribution in [3.63, 3.8) is 0 Å². The largest absolute Gasteiger partial charge is 0.466 e. The number of aliphatic hydroxyl groups excluding tert-OH is 2. The van der Waals surface area contributed by atoms with E-state index in [1.807, 2.05) is 6.08 Å². The number of carbonyl (C=O) groups excluding carboxylic acids is 2. The highest BCUT2D eigenvalue weighted by atomic mass is 16.5. The average molecular weight is 748 g/mol. The molecule has 1 amide bonds. The van der Waals surface area contributed by atoms with Crippen molar-refractivity contribution in [2.24, 2.45) is 0 Å². The van der Waals surface area contributed by atoms with E-state index in [2.05, 4.69) is 31.3 Å². The van der Waals surface area contributed by atoms with Gasteiger partial charge in [0.15, 0.2) is 0 Å². The summed E-state index contributed by atoms with van der Waals surface area (Å²) in [6.07, 6.45) is 48.8. The van der Waals surface area contributed by atoms with Crippen LogP contribution in [-0.4, -0.2) is 47.4 Å². The topological polar surface area (TPSA) is 95.9 Å². The SMILES string of the molecule is CCCCCCCCC/C=C\CCCCCCCC(=O)OCCCCCCCCCCCCCC(=O)NC(CO)C(O)/C=C/CCCCCCCCC. The molecule has 2 unspecified atom stereocenters. The van der Waals surface area contributed by atoms with Crippen LogP contribution < -0.4 is 5.32 Å². The van der Waals surface area contributed by atoms with Crippen LogP contribution in [0.4, 0.5) is 0 Å². The highest BCUT2D eigenvalue weighted by Gasteiger charge is 2.18. The molecule has 0 saturated heterocycles. The van der Waals surface area contributed by atoms with Gasteiger partial charge in [0.05, 0.1) is 25.4 Å². The Morgan fingerprint density at radius 2 is 0.887 bits per heavy atom. The van der Waals surface area contributed by atoms with E-state index in [0.717, 1.165) is 57.8 Å². The first-order valence-corrected chi connectivity index (χ1v) is 23.1. The molecule has 0 aliphatic carbocycles. The summed E-state index contributed by atoms with van der Waals surface area (Å²) in [7, 11) is 0. The molecule has 6 heteroatoms. The van der Waals surface area contributed by atoms with Crippen molar-refractivity contribution < 1.29 is 24.5 Å². The van der Waals surface area contributed by atoms with Gasteiger partial charge in [-0.05, 0) is 57.8 Å². The van der Waals surface area contributed by atoms with Crippen molar-refractivity contribution in [2.45, 2.75) is 251 Å². The summed E-state index contributed by atoms with van der Waals surface area (Å²) in [6, 6.07) is -0.639. The molecule has 0 saturated carbocycles. The third-order valence-electron chi connectivity index (χ3n) is 10.5. The predicted octanol–water partition coefficient (Wildman–Crippen LogP) is 13.2. The highest BCUT2D eigenvalue weighted by Crippen LogP contribution is 2.14. The van der Waals surface area contributed by atoms with E-state index in [9.17, 15) is 19.8 Å². The summed E-state index contributed by atoms with van der Waals surface area (Å²) >= 11 is 0. The number of nitrogens with one attached hydrogen (secondary N) is 1. The molecule has 0 fully saturated rings. The number of unbranched alkanes of at least 4 members (excludes halogenated alkanes) is 29. The van der Waals surface area contributed by atoms with E-state index in [-0.39, 0.29) is 18.5 Å². The fourth-order valence-electron chi connectivity index (χ4n) is 6.86. The van der Waals surface area contributed by atoms with Gasteiger partial charge in [0.2, 0.25) is 5.91 Å². The summed E-state index contributed by atoms with van der Waals surface area (Å²) in [5.41, 5.74) is 0. The van der Waals surface area contributed by atoms with Crippen molar-refractivity contribution in [3.8, 4) is 0 Å². The van der Waals surface area contributed by atoms with Gasteiger partial charge in [0.25, 0.3) is 0 Å². The van der Waals surface area contributed by atoms with E-state index >= 15 is 0 Å². The Morgan fingerprint density at radius 3 is 1.34 bits per heavy atom. The van der Waals surface area contributed by atoms with Gasteiger partial charge >= 0.3 is 5.97 Å². The third kappa shape index (κ3) is 39.8. The van der Waals surface area contributed by atoms with E-state index in [4.69, 9.17) is 4.74 Å². The van der Waals surface area contributed by atoms with Gasteiger partial charge in [0, 0.05) is 12.8 Å². The van der Waals surface area contributed by atoms with Crippen molar-refractivity contribution in [1.82, 2.24) is 5.32 Å². The molecule has 0 aliphatic heterocycles. The Labute approximate surface area is 329 Å². The zero-order valence-corrected chi connectivity index (χ0v) is 35.2. The molecule has 0 aliphatic rings. The maximum Gasteiger partial charge on any atom is 0.305 e. The first kappa shape index (κ1) is 51.3. The average Bonchev–Trinajstić information content (AvgIpc) is 3.16. The summed E-state index contributed by atoms with van der Waals surface area (Å²) in [6.45, 7) is 4.81. The lowest BCUT2D eigenvalue weighted by Crippen LogP contribution is -2.45. The minimum atomic E-state index is -0.854. The second-order valence-electron chi connectivity index (χ2n) is 15.7. The molecule has 53 heavy (non-hydrogen) atoms. The molecular weight excluding hydrogens is 659 g/mol. The maximum atomic E-state index is 12.3. The van der Waals surface area contributed by atoms with Crippen LogP contribution in [0, 0.1) is 0 Å². The zero-order valence-electron chi connectivity index (χ0n) is 35.2. The molecule has 0 aromatic heterocycles. The van der Waals surface area contributed by atoms with Crippen LogP contribution in [0.1, 0.15) is 239 Å². The van der Waals surface area contributed by atoms with Crippen LogP contribution in [-0.2, 0) is 14.3 Å². The number of amides is 1. The number of carbonyl (C=O) groups is 2. The van der Waals surface area contributed by atoms with Gasteiger partial charge in [-0.1, -0.05) is 192 Å². The van der Waals surface area contributed by atoms with Crippen molar-refractivity contribution in [1.29, 1.82) is 0 Å². The zero-order chi connectivity index (χ0) is 38.7. The van der Waals surface area contributed by atoms with Gasteiger partial charge in [0.1, 0.15) is 0 Å². The number of rotatable bonds is 42. The number of allylic oxidation sites excluding steroid dienone is 3. The Balaban J connectivity index is 3.48. The number of hydrogen-bond donors (Lipinski definition) is 3. The molecule has 2 atom stereocenters. The standard InChI is InChI=1S/C47H89NO5/c1-3-5-7-9-11-13-14-15-16-17-18-21-25-29-33-37-41-47(52)53-42-38-34-30-26-22-19-20-24-28-32-36-40-46(51)48-44(43-49)45(50)39-35-31-27-23-12-10-8-6-4-2/h16-17,35,39,44-45,49-50H,3-15,18-34,36-38,40-43H2,1-2H3,(H,48,51)/b17-16-,39-35+. The summed E-state index contributed by atoms with van der Waals surface area (Å²) in [5.74, 6) is -0.115. The molecular formula is C47H89NO5. The molecule has 0 spiro atoms. The highest BCUT2D eigenvalue weighted by molar-refractivity contribution is 5.76. The summed E-state index contributed by atoms with van der Waals surface area (Å²) in [4.78, 5) is 24.3. The molecule has 0 bridgehead atoms.